The minimum Gasteiger partial charge on any atom is -0.289 e. The van der Waals surface area contributed by atoms with E-state index >= 15 is 0 Å². The first kappa shape index (κ1) is 8.94. The number of rotatable bonds is 2. The Morgan fingerprint density at radius 3 is 2.75 bits per heavy atom. The van der Waals surface area contributed by atoms with Gasteiger partial charge in [0.2, 0.25) is 0 Å². The molecule has 0 radical (unpaired) electrons. The smallest absolute Gasteiger partial charge is 0.189 e. The Balaban J connectivity index is 3.30. The van der Waals surface area contributed by atoms with Gasteiger partial charge in [-0.3, -0.25) is 4.79 Å². The average Bonchev–Trinajstić information content (AvgIpc) is 2.03. The van der Waals surface area contributed by atoms with Gasteiger partial charge in [0.05, 0.1) is 10.6 Å². The Bertz CT molecular complexity index is 313. The van der Waals surface area contributed by atoms with Gasteiger partial charge in [-0.25, -0.2) is 4.39 Å². The second-order valence-corrected chi connectivity index (χ2v) is 2.57. The summed E-state index contributed by atoms with van der Waals surface area (Å²) in [5.74, 6) is -1.12. The van der Waals surface area contributed by atoms with Crippen LogP contribution in [0.1, 0.15) is 10.4 Å². The summed E-state index contributed by atoms with van der Waals surface area (Å²) in [6.45, 7) is 3.24. The van der Waals surface area contributed by atoms with Crippen molar-refractivity contribution in [3.63, 3.8) is 0 Å². The van der Waals surface area contributed by atoms with Gasteiger partial charge in [-0.05, 0) is 18.2 Å². The monoisotopic (exact) mass is 184 g/mol. The lowest BCUT2D eigenvalue weighted by atomic mass is 10.1. The molecule has 62 valence electrons. The van der Waals surface area contributed by atoms with Crippen LogP contribution < -0.4 is 0 Å². The lowest BCUT2D eigenvalue weighted by Gasteiger charge is -1.99. The Morgan fingerprint density at radius 2 is 2.25 bits per heavy atom. The molecule has 0 aliphatic rings. The van der Waals surface area contributed by atoms with Crippen molar-refractivity contribution in [3.8, 4) is 0 Å². The van der Waals surface area contributed by atoms with Gasteiger partial charge in [-0.2, -0.15) is 0 Å². The van der Waals surface area contributed by atoms with Crippen LogP contribution in [0.3, 0.4) is 0 Å². The van der Waals surface area contributed by atoms with Gasteiger partial charge in [-0.15, -0.1) is 0 Å². The van der Waals surface area contributed by atoms with Gasteiger partial charge in [0.1, 0.15) is 5.82 Å². The highest BCUT2D eigenvalue weighted by Crippen LogP contribution is 2.19. The molecule has 0 N–H and O–H groups in total. The van der Waals surface area contributed by atoms with E-state index in [2.05, 4.69) is 6.58 Å². The zero-order valence-corrected chi connectivity index (χ0v) is 6.94. The highest BCUT2D eigenvalue weighted by atomic mass is 35.5. The molecule has 0 fully saturated rings. The van der Waals surface area contributed by atoms with Gasteiger partial charge in [0, 0.05) is 0 Å². The first-order valence-corrected chi connectivity index (χ1v) is 3.65. The molecule has 0 aliphatic heterocycles. The second kappa shape index (κ2) is 3.50. The fourth-order valence-electron chi connectivity index (χ4n) is 0.835. The molecule has 1 rings (SSSR count). The van der Waals surface area contributed by atoms with E-state index in [1.807, 2.05) is 0 Å². The molecule has 0 atom stereocenters. The maximum absolute atomic E-state index is 12.9. The van der Waals surface area contributed by atoms with Crippen LogP contribution in [0.2, 0.25) is 5.02 Å². The third kappa shape index (κ3) is 1.53. The molecule has 0 heterocycles. The van der Waals surface area contributed by atoms with Crippen LogP contribution in [0.4, 0.5) is 4.39 Å². The number of carbonyl (C=O) groups excluding carboxylic acids is 1. The number of hydrogen-bond donors (Lipinski definition) is 0. The van der Waals surface area contributed by atoms with E-state index in [0.29, 0.717) is 0 Å². The van der Waals surface area contributed by atoms with Crippen molar-refractivity contribution in [2.24, 2.45) is 0 Å². The molecule has 0 aromatic heterocycles. The Morgan fingerprint density at radius 1 is 1.58 bits per heavy atom. The molecule has 0 saturated carbocycles. The first-order valence-electron chi connectivity index (χ1n) is 3.27. The number of halogens is 2. The van der Waals surface area contributed by atoms with E-state index < -0.39 is 11.6 Å². The zero-order valence-electron chi connectivity index (χ0n) is 6.18. The number of carbonyl (C=O) groups is 1. The molecule has 1 aromatic rings. The van der Waals surface area contributed by atoms with Crippen molar-refractivity contribution in [2.75, 3.05) is 0 Å². The summed E-state index contributed by atoms with van der Waals surface area (Å²) in [7, 11) is 0. The molecule has 1 nitrogen and oxygen atoms in total. The summed E-state index contributed by atoms with van der Waals surface area (Å²) >= 11 is 5.59. The minimum absolute atomic E-state index is 0.111. The average molecular weight is 185 g/mol. The summed E-state index contributed by atoms with van der Waals surface area (Å²) in [6.07, 6.45) is 1.03. The number of benzene rings is 1. The van der Waals surface area contributed by atoms with Crippen LogP contribution in [-0.4, -0.2) is 5.78 Å². The summed E-state index contributed by atoms with van der Waals surface area (Å²) in [5, 5.41) is 0.111. The van der Waals surface area contributed by atoms with Crippen LogP contribution in [0.5, 0.6) is 0 Å². The maximum atomic E-state index is 12.9. The van der Waals surface area contributed by atoms with Gasteiger partial charge < -0.3 is 0 Å². The van der Waals surface area contributed by atoms with Crippen molar-refractivity contribution in [3.05, 3.63) is 47.3 Å². The van der Waals surface area contributed by atoms with Crippen LogP contribution in [-0.2, 0) is 0 Å². The van der Waals surface area contributed by atoms with Crippen molar-refractivity contribution in [2.45, 2.75) is 0 Å². The summed E-state index contributed by atoms with van der Waals surface area (Å²) < 4.78 is 12.9. The van der Waals surface area contributed by atoms with Crippen molar-refractivity contribution in [1.82, 2.24) is 0 Å². The molecule has 1 aromatic carbocycles. The highest BCUT2D eigenvalue weighted by Gasteiger charge is 2.11. The fraction of sp³-hybridized carbons (Fsp3) is 0. The summed E-state index contributed by atoms with van der Waals surface area (Å²) in [5.41, 5.74) is -0.117. The lowest BCUT2D eigenvalue weighted by molar-refractivity contribution is 0.104. The molecular weight excluding hydrogens is 179 g/mol. The largest absolute Gasteiger partial charge is 0.289 e. The molecule has 0 amide bonds. The van der Waals surface area contributed by atoms with E-state index in [0.717, 1.165) is 6.08 Å². The maximum Gasteiger partial charge on any atom is 0.189 e. The van der Waals surface area contributed by atoms with Crippen LogP contribution in [0, 0.1) is 5.82 Å². The Hall–Kier alpha value is -1.15. The predicted molar refractivity (Wildman–Crippen MR) is 45.9 cm³/mol. The molecule has 0 saturated heterocycles. The number of hydrogen-bond acceptors (Lipinski definition) is 1. The van der Waals surface area contributed by atoms with Crippen LogP contribution in [0.25, 0.3) is 0 Å². The van der Waals surface area contributed by atoms with Crippen LogP contribution >= 0.6 is 11.6 Å². The molecule has 0 aliphatic carbocycles. The van der Waals surface area contributed by atoms with Crippen molar-refractivity contribution >= 4 is 17.4 Å². The van der Waals surface area contributed by atoms with Crippen molar-refractivity contribution < 1.29 is 9.18 Å². The van der Waals surface area contributed by atoms with Gasteiger partial charge in [0.15, 0.2) is 5.78 Å². The van der Waals surface area contributed by atoms with E-state index in [4.69, 9.17) is 11.6 Å². The topological polar surface area (TPSA) is 17.1 Å². The molecule has 0 unspecified atom stereocenters. The summed E-state index contributed by atoms with van der Waals surface area (Å²) in [4.78, 5) is 11.0. The third-order valence-electron chi connectivity index (χ3n) is 1.39. The predicted octanol–water partition coefficient (Wildman–Crippen LogP) is 2.85. The lowest BCUT2D eigenvalue weighted by Crippen LogP contribution is -1.98. The quantitative estimate of drug-likeness (QED) is 0.510. The molecule has 0 spiro atoms. The van der Waals surface area contributed by atoms with E-state index in [1.54, 1.807) is 0 Å². The molecule has 0 bridgehead atoms. The van der Waals surface area contributed by atoms with E-state index in [9.17, 15) is 9.18 Å². The van der Waals surface area contributed by atoms with Gasteiger partial charge >= 0.3 is 0 Å². The van der Waals surface area contributed by atoms with Gasteiger partial charge in [0.25, 0.3) is 0 Å². The fourth-order valence-corrected chi connectivity index (χ4v) is 1.09. The van der Waals surface area contributed by atoms with Crippen molar-refractivity contribution in [1.29, 1.82) is 0 Å². The standard InChI is InChI=1S/C9H6ClFO/c1-2-8(12)9-6(10)4-3-5-7(9)11/h2-5H,1H2. The second-order valence-electron chi connectivity index (χ2n) is 2.17. The van der Waals surface area contributed by atoms with Crippen LogP contribution in [0.15, 0.2) is 30.9 Å². The number of allylic oxidation sites excluding steroid dienone is 1. The Kier molecular flexibility index (Phi) is 2.61. The molecule has 12 heavy (non-hydrogen) atoms. The number of ketones is 1. The first-order chi connectivity index (χ1) is 5.66. The highest BCUT2D eigenvalue weighted by molar-refractivity contribution is 6.34. The van der Waals surface area contributed by atoms with Gasteiger partial charge in [-0.1, -0.05) is 24.2 Å². The molecule has 3 heteroatoms. The van der Waals surface area contributed by atoms with E-state index in [-0.39, 0.29) is 10.6 Å². The third-order valence-corrected chi connectivity index (χ3v) is 1.71. The SMILES string of the molecule is C=CC(=O)c1c(F)cccc1Cl. The Labute approximate surface area is 74.5 Å². The summed E-state index contributed by atoms with van der Waals surface area (Å²) in [6, 6.07) is 4.08. The molecular formula is C9H6ClFO. The zero-order chi connectivity index (χ0) is 9.14. The minimum atomic E-state index is -0.618. The van der Waals surface area contributed by atoms with E-state index in [1.165, 1.54) is 18.2 Å². The normalized spacial score (nSPS) is 9.50.